The maximum Gasteiger partial charge on any atom is 0.264 e. The molecular formula is C24H28N2O3S. The Kier molecular flexibility index (Phi) is 7.11. The highest BCUT2D eigenvalue weighted by molar-refractivity contribution is 7.92. The zero-order valence-corrected chi connectivity index (χ0v) is 18.5. The molecule has 6 heteroatoms. The van der Waals surface area contributed by atoms with E-state index in [0.717, 1.165) is 17.5 Å². The summed E-state index contributed by atoms with van der Waals surface area (Å²) >= 11 is 0. The van der Waals surface area contributed by atoms with Gasteiger partial charge < -0.3 is 4.74 Å². The highest BCUT2D eigenvalue weighted by Gasteiger charge is 2.26. The third-order valence-electron chi connectivity index (χ3n) is 4.70. The van der Waals surface area contributed by atoms with Crippen molar-refractivity contribution in [3.8, 4) is 5.75 Å². The molecule has 0 bridgehead atoms. The van der Waals surface area contributed by atoms with E-state index in [1.165, 1.54) is 4.31 Å². The predicted molar refractivity (Wildman–Crippen MR) is 120 cm³/mol. The van der Waals surface area contributed by atoms with Crippen molar-refractivity contribution < 1.29 is 13.2 Å². The molecule has 0 saturated heterocycles. The van der Waals surface area contributed by atoms with E-state index in [-0.39, 0.29) is 10.8 Å². The molecular weight excluding hydrogens is 396 g/mol. The predicted octanol–water partition coefficient (Wildman–Crippen LogP) is 5.07. The fraction of sp³-hybridized carbons (Fsp3) is 0.292. The van der Waals surface area contributed by atoms with Crippen LogP contribution < -0.4 is 9.04 Å². The number of ether oxygens (including phenoxy) is 1. The van der Waals surface area contributed by atoms with Crippen LogP contribution in [0.5, 0.6) is 5.75 Å². The number of rotatable bonds is 9. The molecule has 30 heavy (non-hydrogen) atoms. The summed E-state index contributed by atoms with van der Waals surface area (Å²) in [6, 6.07) is 18.1. The van der Waals surface area contributed by atoms with Crippen LogP contribution in [-0.4, -0.2) is 19.9 Å². The number of sulfonamides is 1. The third kappa shape index (κ3) is 5.39. The van der Waals surface area contributed by atoms with Crippen molar-refractivity contribution in [3.05, 3.63) is 84.2 Å². The summed E-state index contributed by atoms with van der Waals surface area (Å²) in [6.45, 7) is 6.91. The first-order chi connectivity index (χ1) is 14.4. The van der Waals surface area contributed by atoms with Crippen LogP contribution in [0.3, 0.4) is 0 Å². The van der Waals surface area contributed by atoms with Crippen LogP contribution in [0.1, 0.15) is 31.9 Å². The van der Waals surface area contributed by atoms with Crippen molar-refractivity contribution in [1.29, 1.82) is 0 Å². The molecule has 0 spiro atoms. The van der Waals surface area contributed by atoms with Gasteiger partial charge in [0.15, 0.2) is 0 Å². The molecule has 0 aliphatic carbocycles. The number of hydrogen-bond acceptors (Lipinski definition) is 4. The second kappa shape index (κ2) is 9.76. The molecule has 0 N–H and O–H groups in total. The summed E-state index contributed by atoms with van der Waals surface area (Å²) in [6.07, 6.45) is 4.28. The largest absolute Gasteiger partial charge is 0.489 e. The van der Waals surface area contributed by atoms with Crippen molar-refractivity contribution in [2.75, 3.05) is 10.8 Å². The number of aryl methyl sites for hydroxylation is 1. The Morgan fingerprint density at radius 3 is 2.30 bits per heavy atom. The van der Waals surface area contributed by atoms with E-state index in [9.17, 15) is 8.42 Å². The monoisotopic (exact) mass is 424 g/mol. The van der Waals surface area contributed by atoms with Gasteiger partial charge in [-0.3, -0.25) is 9.29 Å². The topological polar surface area (TPSA) is 59.5 Å². The van der Waals surface area contributed by atoms with E-state index in [2.05, 4.69) is 11.9 Å². The Hall–Kier alpha value is -2.86. The normalized spacial score (nSPS) is 11.5. The van der Waals surface area contributed by atoms with Crippen LogP contribution in [-0.2, 0) is 23.1 Å². The van der Waals surface area contributed by atoms with Crippen molar-refractivity contribution >= 4 is 15.7 Å². The molecule has 0 aliphatic rings. The number of benzene rings is 2. The van der Waals surface area contributed by atoms with Crippen molar-refractivity contribution in [2.45, 2.75) is 38.7 Å². The Morgan fingerprint density at radius 2 is 1.67 bits per heavy atom. The molecule has 0 amide bonds. The van der Waals surface area contributed by atoms with Gasteiger partial charge in [-0.25, -0.2) is 8.42 Å². The van der Waals surface area contributed by atoms with Gasteiger partial charge in [-0.15, -0.1) is 0 Å². The van der Waals surface area contributed by atoms with Gasteiger partial charge in [0.2, 0.25) is 0 Å². The molecule has 0 atom stereocenters. The van der Waals surface area contributed by atoms with Gasteiger partial charge in [-0.1, -0.05) is 32.9 Å². The van der Waals surface area contributed by atoms with E-state index in [1.54, 1.807) is 36.7 Å². The Bertz CT molecular complexity index is 1050. The van der Waals surface area contributed by atoms with Crippen LogP contribution >= 0.6 is 0 Å². The summed E-state index contributed by atoms with van der Waals surface area (Å²) in [5, 5.41) is 0. The summed E-state index contributed by atoms with van der Waals surface area (Å²) in [4.78, 5) is 4.24. The van der Waals surface area contributed by atoms with Gasteiger partial charge in [0.25, 0.3) is 10.0 Å². The van der Waals surface area contributed by atoms with E-state index in [0.29, 0.717) is 24.6 Å². The highest BCUT2D eigenvalue weighted by Crippen LogP contribution is 2.27. The first-order valence-corrected chi connectivity index (χ1v) is 11.6. The molecule has 0 saturated carbocycles. The quantitative estimate of drug-likeness (QED) is 0.481. The summed E-state index contributed by atoms with van der Waals surface area (Å²) in [7, 11) is -3.69. The molecule has 158 valence electrons. The van der Waals surface area contributed by atoms with Crippen molar-refractivity contribution in [3.63, 3.8) is 0 Å². The van der Waals surface area contributed by atoms with Gasteiger partial charge in [-0.2, -0.15) is 0 Å². The first kappa shape index (κ1) is 21.8. The number of hydrogen-bond donors (Lipinski definition) is 0. The number of anilines is 1. The molecule has 0 unspecified atom stereocenters. The molecule has 0 fully saturated rings. The van der Waals surface area contributed by atoms with Crippen molar-refractivity contribution in [1.82, 2.24) is 4.98 Å². The average molecular weight is 425 g/mol. The lowest BCUT2D eigenvalue weighted by Gasteiger charge is -2.26. The average Bonchev–Trinajstić information content (AvgIpc) is 2.77. The van der Waals surface area contributed by atoms with Gasteiger partial charge in [0.05, 0.1) is 10.6 Å². The first-order valence-electron chi connectivity index (χ1n) is 10.1. The van der Waals surface area contributed by atoms with Gasteiger partial charge in [-0.05, 0) is 72.0 Å². The molecule has 3 aromatic rings. The molecule has 2 aromatic carbocycles. The molecule has 0 aliphatic heterocycles. The molecule has 3 rings (SSSR count). The van der Waals surface area contributed by atoms with E-state index >= 15 is 0 Å². The molecule has 5 nitrogen and oxygen atoms in total. The Balaban J connectivity index is 1.83. The minimum Gasteiger partial charge on any atom is -0.489 e. The van der Waals surface area contributed by atoms with Crippen LogP contribution in [0.2, 0.25) is 0 Å². The second-order valence-corrected chi connectivity index (χ2v) is 9.43. The minimum atomic E-state index is -3.69. The van der Waals surface area contributed by atoms with E-state index < -0.39 is 10.0 Å². The zero-order chi connectivity index (χ0) is 21.6. The highest BCUT2D eigenvalue weighted by atomic mass is 32.2. The van der Waals surface area contributed by atoms with Gasteiger partial charge in [0.1, 0.15) is 12.4 Å². The molecule has 1 heterocycles. The Morgan fingerprint density at radius 1 is 0.967 bits per heavy atom. The smallest absolute Gasteiger partial charge is 0.264 e. The Labute approximate surface area is 179 Å². The standard InChI is InChI=1S/C24H28N2O3S/c1-4-20-6-5-7-22(16-20)26(17-19(2)3)30(27,28)24-10-8-23(9-11-24)29-18-21-12-14-25-15-13-21/h5-16,19H,4,17-18H2,1-3H3. The van der Waals surface area contributed by atoms with Gasteiger partial charge >= 0.3 is 0 Å². The summed E-state index contributed by atoms with van der Waals surface area (Å²) in [5.74, 6) is 0.808. The third-order valence-corrected chi connectivity index (χ3v) is 6.51. The maximum absolute atomic E-state index is 13.4. The van der Waals surface area contributed by atoms with Crippen LogP contribution in [0.15, 0.2) is 78.0 Å². The fourth-order valence-corrected chi connectivity index (χ4v) is 4.71. The van der Waals surface area contributed by atoms with Crippen LogP contribution in [0.4, 0.5) is 5.69 Å². The summed E-state index contributed by atoms with van der Waals surface area (Å²) < 4.78 is 34.1. The van der Waals surface area contributed by atoms with E-state index in [4.69, 9.17) is 4.74 Å². The van der Waals surface area contributed by atoms with Gasteiger partial charge in [0, 0.05) is 18.9 Å². The lowest BCUT2D eigenvalue weighted by Crippen LogP contribution is -2.34. The molecule has 1 aromatic heterocycles. The van der Waals surface area contributed by atoms with Crippen molar-refractivity contribution in [2.24, 2.45) is 5.92 Å². The summed E-state index contributed by atoms with van der Waals surface area (Å²) in [5.41, 5.74) is 2.80. The minimum absolute atomic E-state index is 0.188. The van der Waals surface area contributed by atoms with Crippen LogP contribution in [0.25, 0.3) is 0 Å². The maximum atomic E-state index is 13.4. The second-order valence-electron chi connectivity index (χ2n) is 7.57. The number of aromatic nitrogens is 1. The van der Waals surface area contributed by atoms with Crippen LogP contribution in [0, 0.1) is 5.92 Å². The lowest BCUT2D eigenvalue weighted by molar-refractivity contribution is 0.306. The zero-order valence-electron chi connectivity index (χ0n) is 17.7. The lowest BCUT2D eigenvalue weighted by atomic mass is 10.1. The SMILES string of the molecule is CCc1cccc(N(CC(C)C)S(=O)(=O)c2ccc(OCc3ccncc3)cc2)c1. The number of pyridine rings is 1. The molecule has 0 radical (unpaired) electrons. The van der Waals surface area contributed by atoms with E-state index in [1.807, 2.05) is 50.2 Å². The fourth-order valence-electron chi connectivity index (χ4n) is 3.09. The number of nitrogens with zero attached hydrogens (tertiary/aromatic N) is 2.